The van der Waals surface area contributed by atoms with Crippen molar-refractivity contribution in [3.63, 3.8) is 0 Å². The molecular formula is C27H19NO2. The average Bonchev–Trinajstić information content (AvgIpc) is 3.42. The Morgan fingerprint density at radius 3 is 1.43 bits per heavy atom. The molecule has 0 aliphatic heterocycles. The summed E-state index contributed by atoms with van der Waals surface area (Å²) in [5, 5.41) is 7.03. The predicted molar refractivity (Wildman–Crippen MR) is 124 cm³/mol. The molecule has 4 aromatic carbocycles. The molecular weight excluding hydrogens is 370 g/mol. The lowest BCUT2D eigenvalue weighted by Gasteiger charge is -2.11. The van der Waals surface area contributed by atoms with Gasteiger partial charge in [-0.1, -0.05) is 48.5 Å². The van der Waals surface area contributed by atoms with Crippen molar-refractivity contribution in [2.75, 3.05) is 0 Å². The van der Waals surface area contributed by atoms with Gasteiger partial charge in [0, 0.05) is 38.4 Å². The van der Waals surface area contributed by atoms with Gasteiger partial charge in [0.25, 0.3) is 0 Å². The van der Waals surface area contributed by atoms with E-state index in [-0.39, 0.29) is 6.04 Å². The van der Waals surface area contributed by atoms with Gasteiger partial charge in [0.05, 0.1) is 11.0 Å². The highest BCUT2D eigenvalue weighted by molar-refractivity contribution is 6.25. The van der Waals surface area contributed by atoms with Crippen molar-refractivity contribution in [1.82, 2.24) is 4.57 Å². The molecule has 0 saturated heterocycles. The Morgan fingerprint density at radius 2 is 0.967 bits per heavy atom. The Hall–Kier alpha value is -3.72. The molecule has 144 valence electrons. The fraction of sp³-hybridized carbons (Fsp3) is 0.111. The fourth-order valence-corrected chi connectivity index (χ4v) is 5.09. The first-order chi connectivity index (χ1) is 14.7. The summed E-state index contributed by atoms with van der Waals surface area (Å²) < 4.78 is 15.2. The summed E-state index contributed by atoms with van der Waals surface area (Å²) in [5.41, 5.74) is 6.03. The Morgan fingerprint density at radius 1 is 0.533 bits per heavy atom. The SMILES string of the molecule is CC(C)n1c2c(ccc3c4ccccc4oc32)c2ccc3c4ccccc4oc3c21. The predicted octanol–water partition coefficient (Wildman–Crippen LogP) is 8.17. The number of rotatable bonds is 1. The molecule has 7 rings (SSSR count). The van der Waals surface area contributed by atoms with Crippen LogP contribution in [0.4, 0.5) is 0 Å². The second-order valence-corrected chi connectivity index (χ2v) is 8.34. The van der Waals surface area contributed by atoms with Crippen molar-refractivity contribution in [2.24, 2.45) is 0 Å². The number of hydrogen-bond acceptors (Lipinski definition) is 2. The Labute approximate surface area is 172 Å². The normalized spacial score (nSPS) is 12.6. The summed E-state index contributed by atoms with van der Waals surface area (Å²) in [4.78, 5) is 0. The molecule has 0 amide bonds. The molecule has 3 heteroatoms. The van der Waals surface area contributed by atoms with E-state index >= 15 is 0 Å². The highest BCUT2D eigenvalue weighted by Gasteiger charge is 2.22. The van der Waals surface area contributed by atoms with Gasteiger partial charge in [-0.3, -0.25) is 0 Å². The van der Waals surface area contributed by atoms with Gasteiger partial charge in [0.1, 0.15) is 11.2 Å². The molecule has 0 unspecified atom stereocenters. The molecule has 0 fully saturated rings. The second-order valence-electron chi connectivity index (χ2n) is 8.34. The van der Waals surface area contributed by atoms with Crippen molar-refractivity contribution in [1.29, 1.82) is 0 Å². The van der Waals surface area contributed by atoms with Crippen molar-refractivity contribution < 1.29 is 8.83 Å². The fourth-order valence-electron chi connectivity index (χ4n) is 5.09. The number of hydrogen-bond donors (Lipinski definition) is 0. The highest BCUT2D eigenvalue weighted by atomic mass is 16.3. The molecule has 0 saturated carbocycles. The zero-order valence-electron chi connectivity index (χ0n) is 16.8. The molecule has 0 bridgehead atoms. The molecule has 0 N–H and O–H groups in total. The van der Waals surface area contributed by atoms with Crippen molar-refractivity contribution >= 4 is 65.7 Å². The number of nitrogens with zero attached hydrogens (tertiary/aromatic N) is 1. The zero-order chi connectivity index (χ0) is 20.0. The summed E-state index contributed by atoms with van der Waals surface area (Å²) in [7, 11) is 0. The first-order valence-electron chi connectivity index (χ1n) is 10.4. The molecule has 0 radical (unpaired) electrons. The molecule has 3 nitrogen and oxygen atoms in total. The molecule has 0 aliphatic rings. The van der Waals surface area contributed by atoms with E-state index in [0.717, 1.165) is 54.9 Å². The third-order valence-corrected chi connectivity index (χ3v) is 6.33. The number of furan rings is 2. The van der Waals surface area contributed by atoms with Gasteiger partial charge in [-0.15, -0.1) is 0 Å². The van der Waals surface area contributed by atoms with Crippen LogP contribution < -0.4 is 0 Å². The lowest BCUT2D eigenvalue weighted by atomic mass is 10.1. The van der Waals surface area contributed by atoms with E-state index in [4.69, 9.17) is 8.83 Å². The minimum atomic E-state index is 0.252. The quantitative estimate of drug-likeness (QED) is 0.283. The number of fused-ring (bicyclic) bond motifs is 11. The van der Waals surface area contributed by atoms with Gasteiger partial charge in [-0.25, -0.2) is 0 Å². The first-order valence-corrected chi connectivity index (χ1v) is 10.4. The van der Waals surface area contributed by atoms with Crippen LogP contribution in [0.1, 0.15) is 19.9 Å². The zero-order valence-corrected chi connectivity index (χ0v) is 16.8. The molecule has 0 aliphatic carbocycles. The maximum absolute atomic E-state index is 6.41. The van der Waals surface area contributed by atoms with Gasteiger partial charge >= 0.3 is 0 Å². The first kappa shape index (κ1) is 16.1. The van der Waals surface area contributed by atoms with E-state index in [0.29, 0.717) is 0 Å². The third-order valence-electron chi connectivity index (χ3n) is 6.33. The number of para-hydroxylation sites is 2. The van der Waals surface area contributed by atoms with Crippen LogP contribution in [0.25, 0.3) is 65.7 Å². The van der Waals surface area contributed by atoms with Gasteiger partial charge in [-0.05, 0) is 38.1 Å². The van der Waals surface area contributed by atoms with Crippen LogP contribution in [0.15, 0.2) is 81.6 Å². The summed E-state index contributed by atoms with van der Waals surface area (Å²) in [6.07, 6.45) is 0. The summed E-state index contributed by atoms with van der Waals surface area (Å²) in [6, 6.07) is 25.6. The van der Waals surface area contributed by atoms with E-state index in [1.165, 1.54) is 10.8 Å². The molecule has 30 heavy (non-hydrogen) atoms. The third kappa shape index (κ3) is 1.85. The van der Waals surface area contributed by atoms with E-state index in [1.54, 1.807) is 0 Å². The smallest absolute Gasteiger partial charge is 0.159 e. The van der Waals surface area contributed by atoms with Gasteiger partial charge in [0.2, 0.25) is 0 Å². The molecule has 3 heterocycles. The summed E-state index contributed by atoms with van der Waals surface area (Å²) in [5.74, 6) is 0. The number of benzene rings is 4. The minimum absolute atomic E-state index is 0.252. The van der Waals surface area contributed by atoms with Gasteiger partial charge in [0.15, 0.2) is 11.2 Å². The van der Waals surface area contributed by atoms with Crippen LogP contribution >= 0.6 is 0 Å². The Bertz CT molecular complexity index is 1650. The summed E-state index contributed by atoms with van der Waals surface area (Å²) in [6.45, 7) is 4.45. The van der Waals surface area contributed by atoms with Crippen molar-refractivity contribution in [3.8, 4) is 0 Å². The Balaban J connectivity index is 1.79. The lowest BCUT2D eigenvalue weighted by Crippen LogP contribution is -2.00. The second kappa shape index (κ2) is 5.45. The van der Waals surface area contributed by atoms with Crippen LogP contribution in [0, 0.1) is 0 Å². The van der Waals surface area contributed by atoms with Crippen molar-refractivity contribution in [2.45, 2.75) is 19.9 Å². The maximum Gasteiger partial charge on any atom is 0.159 e. The van der Waals surface area contributed by atoms with E-state index < -0.39 is 0 Å². The van der Waals surface area contributed by atoms with E-state index in [9.17, 15) is 0 Å². The van der Waals surface area contributed by atoms with E-state index in [2.05, 4.69) is 66.9 Å². The van der Waals surface area contributed by atoms with Crippen LogP contribution in [-0.2, 0) is 0 Å². The number of aromatic nitrogens is 1. The Kier molecular flexibility index (Phi) is 2.93. The van der Waals surface area contributed by atoms with Gasteiger partial charge in [-0.2, -0.15) is 0 Å². The van der Waals surface area contributed by atoms with Gasteiger partial charge < -0.3 is 13.4 Å². The van der Waals surface area contributed by atoms with Crippen LogP contribution in [-0.4, -0.2) is 4.57 Å². The van der Waals surface area contributed by atoms with Crippen molar-refractivity contribution in [3.05, 3.63) is 72.8 Å². The van der Waals surface area contributed by atoms with Crippen LogP contribution in [0.3, 0.4) is 0 Å². The molecule has 7 aromatic rings. The van der Waals surface area contributed by atoms with Crippen LogP contribution in [0.2, 0.25) is 0 Å². The molecule has 3 aromatic heterocycles. The van der Waals surface area contributed by atoms with Crippen LogP contribution in [0.5, 0.6) is 0 Å². The monoisotopic (exact) mass is 389 g/mol. The minimum Gasteiger partial charge on any atom is -0.454 e. The average molecular weight is 389 g/mol. The standard InChI is InChI=1S/C27H19NO2/c1-15(2)28-24-18(11-13-20-16-7-3-5-9-22(16)29-26(20)24)19-12-14-21-17-8-4-6-10-23(17)30-27(21)25(19)28/h3-15H,1-2H3. The lowest BCUT2D eigenvalue weighted by molar-refractivity contribution is 0.623. The molecule has 0 spiro atoms. The topological polar surface area (TPSA) is 31.2 Å². The summed E-state index contributed by atoms with van der Waals surface area (Å²) >= 11 is 0. The largest absolute Gasteiger partial charge is 0.454 e. The maximum atomic E-state index is 6.41. The van der Waals surface area contributed by atoms with E-state index in [1.807, 2.05) is 24.3 Å². The highest BCUT2D eigenvalue weighted by Crippen LogP contribution is 2.43. The molecule has 0 atom stereocenters.